The first-order valence-electron chi connectivity index (χ1n) is 8.80. The van der Waals surface area contributed by atoms with Crippen molar-refractivity contribution in [1.29, 1.82) is 0 Å². The molecule has 0 amide bonds. The van der Waals surface area contributed by atoms with E-state index in [9.17, 15) is 4.79 Å². The highest BCUT2D eigenvalue weighted by molar-refractivity contribution is 5.76. The number of carbonyl (C=O) groups excluding carboxylic acids is 1. The van der Waals surface area contributed by atoms with Crippen molar-refractivity contribution in [3.05, 3.63) is 0 Å². The normalized spacial score (nSPS) is 33.2. The van der Waals surface area contributed by atoms with Crippen molar-refractivity contribution in [3.63, 3.8) is 0 Å². The summed E-state index contributed by atoms with van der Waals surface area (Å²) in [5.74, 6) is -0.0100. The van der Waals surface area contributed by atoms with Gasteiger partial charge in [0.2, 0.25) is 0 Å². The molecule has 2 saturated heterocycles. The average Bonchev–Trinajstić information content (AvgIpc) is 2.95. The second kappa shape index (κ2) is 6.66. The van der Waals surface area contributed by atoms with Gasteiger partial charge in [0.15, 0.2) is 0 Å². The third-order valence-corrected chi connectivity index (χ3v) is 5.55. The molecule has 1 spiro atoms. The molecule has 2 aliphatic heterocycles. The number of hydrogen-bond acceptors (Lipinski definition) is 4. The van der Waals surface area contributed by atoms with Gasteiger partial charge in [-0.2, -0.15) is 0 Å². The lowest BCUT2D eigenvalue weighted by Crippen LogP contribution is -2.55. The first-order valence-corrected chi connectivity index (χ1v) is 8.80. The van der Waals surface area contributed by atoms with Crippen LogP contribution in [0.3, 0.4) is 0 Å². The Morgan fingerprint density at radius 2 is 2.05 bits per heavy atom. The Morgan fingerprint density at radius 3 is 2.81 bits per heavy atom. The van der Waals surface area contributed by atoms with Crippen molar-refractivity contribution < 1.29 is 14.3 Å². The van der Waals surface area contributed by atoms with E-state index in [4.69, 9.17) is 9.47 Å². The molecule has 1 aliphatic carbocycles. The molecule has 0 N–H and O–H groups in total. The molecule has 3 aliphatic rings. The molecule has 2 atom stereocenters. The van der Waals surface area contributed by atoms with E-state index in [2.05, 4.69) is 4.90 Å². The first kappa shape index (κ1) is 15.3. The van der Waals surface area contributed by atoms with Crippen LogP contribution in [0.1, 0.15) is 64.7 Å². The zero-order valence-electron chi connectivity index (χ0n) is 13.3. The minimum absolute atomic E-state index is 0.0100. The van der Waals surface area contributed by atoms with E-state index in [0.29, 0.717) is 12.6 Å². The van der Waals surface area contributed by atoms with Gasteiger partial charge in [-0.25, -0.2) is 0 Å². The highest BCUT2D eigenvalue weighted by Gasteiger charge is 2.44. The second-order valence-corrected chi connectivity index (χ2v) is 6.89. The summed E-state index contributed by atoms with van der Waals surface area (Å²) < 4.78 is 11.5. The summed E-state index contributed by atoms with van der Waals surface area (Å²) in [6.07, 6.45) is 10.5. The smallest absolute Gasteiger partial charge is 0.323 e. The Labute approximate surface area is 128 Å². The lowest BCUT2D eigenvalue weighted by molar-refractivity contribution is -0.157. The SMILES string of the molecule is CCOC(=O)C1CCCCN1C1CCOC2(CCCC2)C1. The predicted octanol–water partition coefficient (Wildman–Crippen LogP) is 2.90. The maximum Gasteiger partial charge on any atom is 0.323 e. The molecule has 0 radical (unpaired) electrons. The van der Waals surface area contributed by atoms with Crippen LogP contribution in [0.25, 0.3) is 0 Å². The molecule has 1 saturated carbocycles. The number of nitrogens with zero attached hydrogens (tertiary/aromatic N) is 1. The Kier molecular flexibility index (Phi) is 4.85. The van der Waals surface area contributed by atoms with Gasteiger partial charge in [0.25, 0.3) is 0 Å². The maximum atomic E-state index is 12.3. The number of likely N-dealkylation sites (tertiary alicyclic amines) is 1. The number of esters is 1. The molecule has 3 rings (SSSR count). The topological polar surface area (TPSA) is 38.8 Å². The maximum absolute atomic E-state index is 12.3. The van der Waals surface area contributed by atoms with Gasteiger partial charge in [-0.05, 0) is 52.0 Å². The number of carbonyl (C=O) groups is 1. The van der Waals surface area contributed by atoms with Gasteiger partial charge in [0.1, 0.15) is 6.04 Å². The van der Waals surface area contributed by atoms with Gasteiger partial charge in [-0.15, -0.1) is 0 Å². The Balaban J connectivity index is 1.69. The van der Waals surface area contributed by atoms with Crippen molar-refractivity contribution in [2.45, 2.75) is 82.4 Å². The summed E-state index contributed by atoms with van der Waals surface area (Å²) in [4.78, 5) is 14.7. The van der Waals surface area contributed by atoms with E-state index >= 15 is 0 Å². The third kappa shape index (κ3) is 3.26. The molecule has 2 heterocycles. The highest BCUT2D eigenvalue weighted by Crippen LogP contribution is 2.42. The summed E-state index contributed by atoms with van der Waals surface area (Å²) in [6, 6.07) is 0.492. The van der Waals surface area contributed by atoms with Crippen molar-refractivity contribution >= 4 is 5.97 Å². The van der Waals surface area contributed by atoms with Crippen LogP contribution in [0.15, 0.2) is 0 Å². The minimum atomic E-state index is -0.0137. The van der Waals surface area contributed by atoms with E-state index in [1.165, 1.54) is 32.1 Å². The fourth-order valence-corrected chi connectivity index (χ4v) is 4.54. The summed E-state index contributed by atoms with van der Waals surface area (Å²) >= 11 is 0. The number of hydrogen-bond donors (Lipinski definition) is 0. The van der Waals surface area contributed by atoms with Crippen LogP contribution in [0.5, 0.6) is 0 Å². The Morgan fingerprint density at radius 1 is 1.24 bits per heavy atom. The van der Waals surface area contributed by atoms with E-state index in [1.54, 1.807) is 0 Å². The zero-order chi connectivity index (χ0) is 14.7. The molecule has 0 aromatic rings. The van der Waals surface area contributed by atoms with Crippen LogP contribution in [-0.2, 0) is 14.3 Å². The summed E-state index contributed by atoms with van der Waals surface area (Å²) in [7, 11) is 0. The number of rotatable bonds is 3. The Bertz CT molecular complexity index is 365. The molecule has 0 aromatic heterocycles. The minimum Gasteiger partial charge on any atom is -0.465 e. The molecular formula is C17H29NO3. The molecule has 3 fully saturated rings. The van der Waals surface area contributed by atoms with Crippen molar-refractivity contribution in [2.75, 3.05) is 19.8 Å². The standard InChI is InChI=1S/C17H29NO3/c1-2-20-16(19)15-7-3-6-11-18(15)14-8-12-21-17(13-14)9-4-5-10-17/h14-15H,2-13H2,1H3. The monoisotopic (exact) mass is 295 g/mol. The largest absolute Gasteiger partial charge is 0.465 e. The fourth-order valence-electron chi connectivity index (χ4n) is 4.54. The molecule has 4 heteroatoms. The Hall–Kier alpha value is -0.610. The van der Waals surface area contributed by atoms with Crippen LogP contribution in [0.4, 0.5) is 0 Å². The van der Waals surface area contributed by atoms with Crippen LogP contribution in [0, 0.1) is 0 Å². The van der Waals surface area contributed by atoms with E-state index in [1.807, 2.05) is 6.92 Å². The van der Waals surface area contributed by atoms with Crippen molar-refractivity contribution in [3.8, 4) is 0 Å². The van der Waals surface area contributed by atoms with Crippen molar-refractivity contribution in [1.82, 2.24) is 4.90 Å². The van der Waals surface area contributed by atoms with Crippen LogP contribution in [-0.4, -0.2) is 48.3 Å². The quantitative estimate of drug-likeness (QED) is 0.751. The number of piperidine rings is 1. The van der Waals surface area contributed by atoms with Gasteiger partial charge < -0.3 is 9.47 Å². The van der Waals surface area contributed by atoms with Crippen LogP contribution < -0.4 is 0 Å². The summed E-state index contributed by atoms with van der Waals surface area (Å²) in [5, 5.41) is 0. The zero-order valence-corrected chi connectivity index (χ0v) is 13.3. The third-order valence-electron chi connectivity index (χ3n) is 5.55. The average molecular weight is 295 g/mol. The fraction of sp³-hybridized carbons (Fsp3) is 0.941. The van der Waals surface area contributed by atoms with Gasteiger partial charge in [0, 0.05) is 12.6 Å². The predicted molar refractivity (Wildman–Crippen MR) is 81.2 cm³/mol. The highest BCUT2D eigenvalue weighted by atomic mass is 16.5. The van der Waals surface area contributed by atoms with E-state index in [0.717, 1.165) is 38.8 Å². The van der Waals surface area contributed by atoms with E-state index < -0.39 is 0 Å². The molecule has 4 nitrogen and oxygen atoms in total. The van der Waals surface area contributed by atoms with Crippen LogP contribution >= 0.6 is 0 Å². The summed E-state index contributed by atoms with van der Waals surface area (Å²) in [6.45, 7) is 4.29. The summed E-state index contributed by atoms with van der Waals surface area (Å²) in [5.41, 5.74) is 0.125. The van der Waals surface area contributed by atoms with Gasteiger partial charge in [0.05, 0.1) is 12.2 Å². The first-order chi connectivity index (χ1) is 10.2. The molecule has 2 unspecified atom stereocenters. The van der Waals surface area contributed by atoms with E-state index in [-0.39, 0.29) is 17.6 Å². The van der Waals surface area contributed by atoms with Gasteiger partial charge in [-0.1, -0.05) is 19.3 Å². The second-order valence-electron chi connectivity index (χ2n) is 6.89. The molecule has 0 aromatic carbocycles. The van der Waals surface area contributed by atoms with Crippen molar-refractivity contribution in [2.24, 2.45) is 0 Å². The van der Waals surface area contributed by atoms with Crippen LogP contribution in [0.2, 0.25) is 0 Å². The van der Waals surface area contributed by atoms with Gasteiger partial charge in [-0.3, -0.25) is 9.69 Å². The number of ether oxygens (including phenoxy) is 2. The lowest BCUT2D eigenvalue weighted by Gasteiger charge is -2.46. The molecule has 120 valence electrons. The lowest BCUT2D eigenvalue weighted by atomic mass is 9.86. The molecular weight excluding hydrogens is 266 g/mol. The molecule has 21 heavy (non-hydrogen) atoms. The van der Waals surface area contributed by atoms with Gasteiger partial charge >= 0.3 is 5.97 Å². The molecule has 0 bridgehead atoms.